The maximum Gasteiger partial charge on any atom is 0.416 e. The number of carboxylic acid groups (broad SMARTS) is 1. The normalized spacial score (nSPS) is 15.8. The number of aliphatic hydroxyl groups is 1. The summed E-state index contributed by atoms with van der Waals surface area (Å²) >= 11 is 0. The lowest BCUT2D eigenvalue weighted by molar-refractivity contribution is -0.137. The van der Waals surface area contributed by atoms with Gasteiger partial charge in [0.2, 0.25) is 10.0 Å². The van der Waals surface area contributed by atoms with Crippen molar-refractivity contribution in [2.75, 3.05) is 28.5 Å². The minimum atomic E-state index is -4.49. The maximum absolute atomic E-state index is 13.8. The largest absolute Gasteiger partial charge is 0.483 e. The Kier molecular flexibility index (Phi) is 13.6. The van der Waals surface area contributed by atoms with Gasteiger partial charge >= 0.3 is 6.18 Å². The second-order valence-electron chi connectivity index (χ2n) is 12.7. The number of alkyl halides is 3. The molecular weight excluding hydrogens is 661 g/mol. The Balaban J connectivity index is 0.00000209. The number of hydrogen-bond acceptors (Lipinski definition) is 7. The minimum Gasteiger partial charge on any atom is -0.483 e. The summed E-state index contributed by atoms with van der Waals surface area (Å²) in [5.41, 5.74) is 0.759. The van der Waals surface area contributed by atoms with E-state index in [0.717, 1.165) is 17.7 Å². The molecule has 0 aliphatic carbocycles. The van der Waals surface area contributed by atoms with Crippen LogP contribution in [0.4, 0.5) is 24.5 Å². The van der Waals surface area contributed by atoms with Crippen molar-refractivity contribution in [1.29, 1.82) is 0 Å². The highest BCUT2D eigenvalue weighted by Crippen LogP contribution is 2.32. The summed E-state index contributed by atoms with van der Waals surface area (Å²) < 4.78 is 67.2. The summed E-state index contributed by atoms with van der Waals surface area (Å²) in [5.74, 6) is -0.467. The molecule has 10 nitrogen and oxygen atoms in total. The number of halogens is 3. The van der Waals surface area contributed by atoms with E-state index in [2.05, 4.69) is 16.0 Å². The monoisotopic (exact) mass is 706 g/mol. The van der Waals surface area contributed by atoms with Gasteiger partial charge in [0.1, 0.15) is 0 Å². The quantitative estimate of drug-likeness (QED) is 0.158. The molecule has 1 fully saturated rings. The van der Waals surface area contributed by atoms with Gasteiger partial charge in [0, 0.05) is 35.9 Å². The zero-order valence-electron chi connectivity index (χ0n) is 28.0. The predicted octanol–water partition coefficient (Wildman–Crippen LogP) is 5.38. The summed E-state index contributed by atoms with van der Waals surface area (Å²) in [4.78, 5) is 22.2. The van der Waals surface area contributed by atoms with Crippen LogP contribution in [-0.4, -0.2) is 68.0 Å². The number of benzene rings is 3. The van der Waals surface area contributed by atoms with Gasteiger partial charge in [-0.3, -0.25) is 13.9 Å². The number of anilines is 2. The standard InChI is InChI=1S/C34H43F3N4O4S.CH2O2/c1-23(2)39-28-18-25(19-29(21-28)41-15-8-9-16-46(41,44)45)32(43)40-30(17-24-11-6-5-7-12-24)31(42)22-38-33(3,4)26-13-10-14-27(20-26)34(35,36)37;2-1-3/h5-7,10-14,18-21,23,30-31,38-39,42H,8-9,15-17,22H2,1-4H3,(H,40,43);1H,(H,2,3)/t30-,31+;/m0./s1. The van der Waals surface area contributed by atoms with Crippen LogP contribution in [0.5, 0.6) is 0 Å². The number of amides is 1. The van der Waals surface area contributed by atoms with Crippen molar-refractivity contribution in [3.63, 3.8) is 0 Å². The molecule has 268 valence electrons. The average Bonchev–Trinajstić information content (AvgIpc) is 3.03. The van der Waals surface area contributed by atoms with E-state index < -0.39 is 45.4 Å². The van der Waals surface area contributed by atoms with Crippen LogP contribution in [-0.2, 0) is 33.0 Å². The Hall–Kier alpha value is -4.14. The number of nitrogens with one attached hydrogen (secondary N) is 3. The SMILES string of the molecule is CC(C)Nc1cc(C(=O)N[C@@H](Cc2ccccc2)[C@H](O)CNC(C)(C)c2cccc(C(F)(F)F)c2)cc(N2CCCCS2(=O)=O)c1.O=CO. The molecular formula is C35H45F3N4O6S. The molecule has 2 atom stereocenters. The van der Waals surface area contributed by atoms with Crippen LogP contribution >= 0.6 is 0 Å². The lowest BCUT2D eigenvalue weighted by atomic mass is 9.92. The van der Waals surface area contributed by atoms with E-state index in [0.29, 0.717) is 36.3 Å². The number of nitrogens with zero attached hydrogens (tertiary/aromatic N) is 1. The molecule has 1 heterocycles. The van der Waals surface area contributed by atoms with Gasteiger partial charge in [0.25, 0.3) is 12.4 Å². The van der Waals surface area contributed by atoms with Crippen LogP contribution in [0.15, 0.2) is 72.8 Å². The summed E-state index contributed by atoms with van der Waals surface area (Å²) in [5, 5.41) is 27.7. The lowest BCUT2D eigenvalue weighted by Crippen LogP contribution is -2.51. The van der Waals surface area contributed by atoms with E-state index in [1.165, 1.54) is 10.4 Å². The van der Waals surface area contributed by atoms with Gasteiger partial charge in [-0.25, -0.2) is 8.42 Å². The smallest absolute Gasteiger partial charge is 0.416 e. The summed E-state index contributed by atoms with van der Waals surface area (Å²) in [7, 11) is -3.53. The fourth-order valence-electron chi connectivity index (χ4n) is 5.47. The number of carbonyl (C=O) groups excluding carboxylic acids is 1. The molecule has 1 saturated heterocycles. The Morgan fingerprint density at radius 3 is 2.24 bits per heavy atom. The van der Waals surface area contributed by atoms with Crippen molar-refractivity contribution in [3.05, 3.63) is 95.1 Å². The topological polar surface area (TPSA) is 148 Å². The zero-order valence-corrected chi connectivity index (χ0v) is 28.8. The first-order valence-electron chi connectivity index (χ1n) is 15.9. The molecule has 1 aliphatic heterocycles. The molecule has 0 spiro atoms. The van der Waals surface area contributed by atoms with Gasteiger partial charge < -0.3 is 26.2 Å². The first-order valence-corrected chi connectivity index (χ1v) is 17.5. The fraction of sp³-hybridized carbons (Fsp3) is 0.429. The van der Waals surface area contributed by atoms with Crippen molar-refractivity contribution in [3.8, 4) is 0 Å². The fourth-order valence-corrected chi connectivity index (χ4v) is 7.10. The van der Waals surface area contributed by atoms with E-state index in [1.54, 1.807) is 38.1 Å². The number of carbonyl (C=O) groups is 2. The van der Waals surface area contributed by atoms with Gasteiger partial charge in [0.15, 0.2) is 0 Å². The molecule has 0 saturated carbocycles. The second-order valence-corrected chi connectivity index (χ2v) is 14.7. The number of sulfonamides is 1. The highest BCUT2D eigenvalue weighted by molar-refractivity contribution is 7.92. The minimum absolute atomic E-state index is 0.0167. The summed E-state index contributed by atoms with van der Waals surface area (Å²) in [6.45, 7) is 7.35. The van der Waals surface area contributed by atoms with Crippen molar-refractivity contribution >= 4 is 33.8 Å². The highest BCUT2D eigenvalue weighted by Gasteiger charge is 2.33. The van der Waals surface area contributed by atoms with Crippen molar-refractivity contribution in [1.82, 2.24) is 10.6 Å². The highest BCUT2D eigenvalue weighted by atomic mass is 32.2. The van der Waals surface area contributed by atoms with E-state index in [4.69, 9.17) is 9.90 Å². The lowest BCUT2D eigenvalue weighted by Gasteiger charge is -2.32. The molecule has 49 heavy (non-hydrogen) atoms. The first-order chi connectivity index (χ1) is 23.0. The Bertz CT molecular complexity index is 1650. The van der Waals surface area contributed by atoms with Crippen LogP contribution in [0.1, 0.15) is 67.6 Å². The van der Waals surface area contributed by atoms with Gasteiger partial charge in [-0.05, 0) is 88.4 Å². The van der Waals surface area contributed by atoms with E-state index in [-0.39, 0.29) is 36.8 Å². The summed E-state index contributed by atoms with van der Waals surface area (Å²) in [6.07, 6.45) is -4.06. The number of aliphatic hydroxyl groups excluding tert-OH is 1. The molecule has 3 aromatic carbocycles. The van der Waals surface area contributed by atoms with Crippen LogP contribution in [0.3, 0.4) is 0 Å². The van der Waals surface area contributed by atoms with E-state index in [1.807, 2.05) is 44.2 Å². The predicted molar refractivity (Wildman–Crippen MR) is 184 cm³/mol. The number of hydrogen-bond donors (Lipinski definition) is 5. The van der Waals surface area contributed by atoms with E-state index in [9.17, 15) is 31.5 Å². The molecule has 1 aliphatic rings. The van der Waals surface area contributed by atoms with Crippen LogP contribution in [0, 0.1) is 0 Å². The van der Waals surface area contributed by atoms with Gasteiger partial charge in [-0.2, -0.15) is 13.2 Å². The maximum atomic E-state index is 13.8. The molecule has 0 bridgehead atoms. The second kappa shape index (κ2) is 17.0. The molecule has 0 radical (unpaired) electrons. The number of rotatable bonds is 12. The molecule has 4 rings (SSSR count). The third kappa shape index (κ3) is 11.5. The first kappa shape index (κ1) is 39.3. The molecule has 1 amide bonds. The van der Waals surface area contributed by atoms with Crippen LogP contribution < -0.4 is 20.3 Å². The zero-order chi connectivity index (χ0) is 36.4. The van der Waals surface area contributed by atoms with Gasteiger partial charge in [-0.1, -0.05) is 42.5 Å². The summed E-state index contributed by atoms with van der Waals surface area (Å²) in [6, 6.07) is 18.5. The Morgan fingerprint density at radius 2 is 1.63 bits per heavy atom. The Morgan fingerprint density at radius 1 is 0.980 bits per heavy atom. The van der Waals surface area contributed by atoms with Crippen LogP contribution in [0.2, 0.25) is 0 Å². The average molecular weight is 707 g/mol. The van der Waals surface area contributed by atoms with E-state index >= 15 is 0 Å². The molecule has 5 N–H and O–H groups in total. The Labute approximate surface area is 285 Å². The molecule has 0 aromatic heterocycles. The molecule has 3 aromatic rings. The van der Waals surface area contributed by atoms with Crippen LogP contribution in [0.25, 0.3) is 0 Å². The van der Waals surface area contributed by atoms with Crippen molar-refractivity contribution in [2.45, 2.75) is 76.9 Å². The third-order valence-corrected chi connectivity index (χ3v) is 9.89. The van der Waals surface area contributed by atoms with Crippen molar-refractivity contribution in [2.24, 2.45) is 0 Å². The molecule has 14 heteroatoms. The van der Waals surface area contributed by atoms with Gasteiger partial charge in [-0.15, -0.1) is 0 Å². The third-order valence-electron chi connectivity index (χ3n) is 8.02. The van der Waals surface area contributed by atoms with Gasteiger partial charge in [0.05, 0.1) is 29.1 Å². The van der Waals surface area contributed by atoms with Crippen molar-refractivity contribution < 1.29 is 41.4 Å². The molecule has 0 unspecified atom stereocenters.